The van der Waals surface area contributed by atoms with Crippen molar-refractivity contribution in [3.63, 3.8) is 0 Å². The van der Waals surface area contributed by atoms with Gasteiger partial charge < -0.3 is 0 Å². The van der Waals surface area contributed by atoms with E-state index in [1.807, 2.05) is 0 Å². The van der Waals surface area contributed by atoms with Crippen LogP contribution < -0.4 is 0 Å². The van der Waals surface area contributed by atoms with Crippen LogP contribution >= 0.6 is 11.6 Å². The second-order valence-electron chi connectivity index (χ2n) is 2.65. The molecule has 0 unspecified atom stereocenters. The normalized spacial score (nSPS) is 51.6. The van der Waals surface area contributed by atoms with Crippen LogP contribution in [0.4, 0.5) is 0 Å². The fourth-order valence-corrected chi connectivity index (χ4v) is 1.99. The quantitative estimate of drug-likeness (QED) is 0.451. The highest BCUT2D eigenvalue weighted by Crippen LogP contribution is 2.49. The molecule has 2 aliphatic carbocycles. The highest BCUT2D eigenvalue weighted by atomic mass is 35.5. The molecule has 3 atom stereocenters. The Morgan fingerprint density at radius 1 is 1.50 bits per heavy atom. The van der Waals surface area contributed by atoms with Crippen LogP contribution in [0.1, 0.15) is 12.8 Å². The van der Waals surface area contributed by atoms with Gasteiger partial charge in [0.05, 0.1) is 5.38 Å². The first-order chi connectivity index (χ1) is 3.80. The van der Waals surface area contributed by atoms with Crippen molar-refractivity contribution in [3.8, 4) is 0 Å². The van der Waals surface area contributed by atoms with E-state index < -0.39 is 0 Å². The summed E-state index contributed by atoms with van der Waals surface area (Å²) in [4.78, 5) is 10.7. The van der Waals surface area contributed by atoms with Crippen LogP contribution in [-0.2, 0) is 4.79 Å². The molecular weight excluding hydrogens is 124 g/mol. The lowest BCUT2D eigenvalue weighted by atomic mass is 9.58. The maximum atomic E-state index is 10.7. The number of alkyl halides is 1. The Bertz CT molecular complexity index is 135. The second kappa shape index (κ2) is 1.27. The van der Waals surface area contributed by atoms with E-state index in [9.17, 15) is 4.79 Å². The summed E-state index contributed by atoms with van der Waals surface area (Å²) in [5, 5.41) is -0.103. The Labute approximate surface area is 53.0 Å². The molecule has 2 rings (SSSR count). The highest BCUT2D eigenvalue weighted by Gasteiger charge is 2.53. The third kappa shape index (κ3) is 0.334. The Morgan fingerprint density at radius 2 is 2.25 bits per heavy atom. The van der Waals surface area contributed by atoms with Crippen LogP contribution in [0, 0.1) is 11.8 Å². The first-order valence-corrected chi connectivity index (χ1v) is 3.42. The molecule has 0 aromatic heterocycles. The summed E-state index contributed by atoms with van der Waals surface area (Å²) in [6.07, 6.45) is 2.29. The molecule has 1 nitrogen and oxygen atoms in total. The van der Waals surface area contributed by atoms with Gasteiger partial charge in [-0.3, -0.25) is 4.79 Å². The van der Waals surface area contributed by atoms with Gasteiger partial charge in [-0.25, -0.2) is 0 Å². The van der Waals surface area contributed by atoms with Gasteiger partial charge in [-0.1, -0.05) is 0 Å². The van der Waals surface area contributed by atoms with Crippen LogP contribution in [0.25, 0.3) is 0 Å². The van der Waals surface area contributed by atoms with E-state index in [4.69, 9.17) is 11.6 Å². The lowest BCUT2D eigenvalue weighted by Crippen LogP contribution is -2.55. The van der Waals surface area contributed by atoms with E-state index in [1.54, 1.807) is 0 Å². The summed E-state index contributed by atoms with van der Waals surface area (Å²) in [6.45, 7) is 0. The second-order valence-corrected chi connectivity index (χ2v) is 3.12. The Kier molecular flexibility index (Phi) is 0.762. The third-order valence-electron chi connectivity index (χ3n) is 2.34. The van der Waals surface area contributed by atoms with Crippen molar-refractivity contribution in [1.29, 1.82) is 0 Å². The summed E-state index contributed by atoms with van der Waals surface area (Å²) < 4.78 is 0. The topological polar surface area (TPSA) is 17.1 Å². The molecule has 44 valence electrons. The maximum Gasteiger partial charge on any atom is 0.154 e. The lowest BCUT2D eigenvalue weighted by molar-refractivity contribution is -0.140. The molecule has 0 N–H and O–H groups in total. The van der Waals surface area contributed by atoms with Gasteiger partial charge in [0.15, 0.2) is 5.78 Å². The first kappa shape index (κ1) is 4.80. The average molecular weight is 131 g/mol. The fraction of sp³-hybridized carbons (Fsp3) is 0.833. The summed E-state index contributed by atoms with van der Waals surface area (Å²) >= 11 is 5.65. The minimum Gasteiger partial charge on any atom is -0.298 e. The molecular formula is C6H7ClO. The summed E-state index contributed by atoms with van der Waals surface area (Å²) in [6, 6.07) is 0. The molecule has 0 heterocycles. The molecule has 8 heavy (non-hydrogen) atoms. The molecule has 0 bridgehead atoms. The molecule has 0 spiro atoms. The van der Waals surface area contributed by atoms with Gasteiger partial charge in [-0.15, -0.1) is 11.6 Å². The Balaban J connectivity index is 2.13. The van der Waals surface area contributed by atoms with Crippen molar-refractivity contribution >= 4 is 17.4 Å². The molecule has 0 amide bonds. The summed E-state index contributed by atoms with van der Waals surface area (Å²) in [7, 11) is 0. The molecule has 2 saturated carbocycles. The van der Waals surface area contributed by atoms with E-state index in [0.29, 0.717) is 17.6 Å². The molecule has 2 fully saturated rings. The van der Waals surface area contributed by atoms with Crippen LogP contribution in [0.15, 0.2) is 0 Å². The molecule has 0 radical (unpaired) electrons. The van der Waals surface area contributed by atoms with E-state index in [0.717, 1.165) is 6.42 Å². The SMILES string of the molecule is O=C1[C@@H](Cl)[C@H]2CC[C@@H]12. The van der Waals surface area contributed by atoms with Crippen molar-refractivity contribution < 1.29 is 4.79 Å². The van der Waals surface area contributed by atoms with Crippen molar-refractivity contribution in [2.45, 2.75) is 18.2 Å². The predicted molar refractivity (Wildman–Crippen MR) is 30.9 cm³/mol. The van der Waals surface area contributed by atoms with E-state index >= 15 is 0 Å². The van der Waals surface area contributed by atoms with Crippen molar-refractivity contribution in [2.24, 2.45) is 11.8 Å². The van der Waals surface area contributed by atoms with E-state index in [2.05, 4.69) is 0 Å². The Morgan fingerprint density at radius 3 is 2.38 bits per heavy atom. The average Bonchev–Trinajstić information content (AvgIpc) is 1.64. The van der Waals surface area contributed by atoms with Crippen LogP contribution in [0.2, 0.25) is 0 Å². The fourth-order valence-electron chi connectivity index (χ4n) is 1.53. The number of Topliss-reactive ketones (excluding diaryl/α,β-unsaturated/α-hetero) is 1. The molecule has 2 heteroatoms. The van der Waals surface area contributed by atoms with E-state index in [1.165, 1.54) is 6.42 Å². The van der Waals surface area contributed by atoms with Crippen molar-refractivity contribution in [2.75, 3.05) is 0 Å². The summed E-state index contributed by atoms with van der Waals surface area (Å²) in [5.74, 6) is 1.25. The number of halogens is 1. The first-order valence-electron chi connectivity index (χ1n) is 2.98. The molecule has 0 aromatic carbocycles. The van der Waals surface area contributed by atoms with Crippen molar-refractivity contribution in [3.05, 3.63) is 0 Å². The summed E-state index contributed by atoms with van der Waals surface area (Å²) in [5.41, 5.74) is 0. The van der Waals surface area contributed by atoms with Gasteiger partial charge in [0.1, 0.15) is 0 Å². The smallest absolute Gasteiger partial charge is 0.154 e. The van der Waals surface area contributed by atoms with E-state index in [-0.39, 0.29) is 5.38 Å². The van der Waals surface area contributed by atoms with Crippen molar-refractivity contribution in [1.82, 2.24) is 0 Å². The molecule has 2 aliphatic rings. The standard InChI is InChI=1S/C6H7ClO/c7-5-3-1-2-4(3)6(5)8/h3-5H,1-2H2/t3-,4+,5-/m0/s1. The van der Waals surface area contributed by atoms with Gasteiger partial charge in [0.2, 0.25) is 0 Å². The van der Waals surface area contributed by atoms with Crippen LogP contribution in [0.3, 0.4) is 0 Å². The number of rotatable bonds is 0. The third-order valence-corrected chi connectivity index (χ3v) is 2.88. The largest absolute Gasteiger partial charge is 0.298 e. The molecule has 0 aliphatic heterocycles. The number of carbonyl (C=O) groups excluding carboxylic acids is 1. The minimum atomic E-state index is -0.103. The Hall–Kier alpha value is -0.0400. The zero-order chi connectivity index (χ0) is 5.72. The maximum absolute atomic E-state index is 10.7. The predicted octanol–water partition coefficient (Wildman–Crippen LogP) is 1.20. The number of ketones is 1. The number of carbonyl (C=O) groups is 1. The van der Waals surface area contributed by atoms with Gasteiger partial charge in [0.25, 0.3) is 0 Å². The van der Waals surface area contributed by atoms with Gasteiger partial charge in [-0.05, 0) is 18.8 Å². The number of hydrogen-bond acceptors (Lipinski definition) is 1. The zero-order valence-corrected chi connectivity index (χ0v) is 5.19. The molecule has 0 saturated heterocycles. The highest BCUT2D eigenvalue weighted by molar-refractivity contribution is 6.34. The van der Waals surface area contributed by atoms with Gasteiger partial charge in [0, 0.05) is 5.92 Å². The number of hydrogen-bond donors (Lipinski definition) is 0. The van der Waals surface area contributed by atoms with Crippen LogP contribution in [-0.4, -0.2) is 11.2 Å². The van der Waals surface area contributed by atoms with Gasteiger partial charge >= 0.3 is 0 Å². The lowest BCUT2D eigenvalue weighted by Gasteiger charge is -2.48. The number of fused-ring (bicyclic) bond motifs is 1. The van der Waals surface area contributed by atoms with Crippen LogP contribution in [0.5, 0.6) is 0 Å². The monoisotopic (exact) mass is 130 g/mol. The minimum absolute atomic E-state index is 0.103. The molecule has 0 aromatic rings. The zero-order valence-electron chi connectivity index (χ0n) is 4.43. The van der Waals surface area contributed by atoms with Gasteiger partial charge in [-0.2, -0.15) is 0 Å².